The lowest BCUT2D eigenvalue weighted by Crippen LogP contribution is -2.50. The van der Waals surface area contributed by atoms with Crippen LogP contribution in [0.25, 0.3) is 6.08 Å². The smallest absolute Gasteiger partial charge is 0.267 e. The minimum Gasteiger partial charge on any atom is -0.369 e. The Hall–Kier alpha value is -1.67. The van der Waals surface area contributed by atoms with Crippen LogP contribution in [0.15, 0.2) is 46.7 Å². The molecule has 0 radical (unpaired) electrons. The molecule has 2 aliphatic heterocycles. The Kier molecular flexibility index (Phi) is 5.63. The van der Waals surface area contributed by atoms with Gasteiger partial charge in [-0.1, -0.05) is 42.2 Å². The lowest BCUT2D eigenvalue weighted by Gasteiger charge is -2.37. The van der Waals surface area contributed by atoms with E-state index in [1.54, 1.807) is 16.2 Å². The number of amides is 1. The fourth-order valence-electron chi connectivity index (χ4n) is 3.30. The third-order valence-electron chi connectivity index (χ3n) is 4.77. The molecule has 2 aromatic rings. The molecule has 2 fully saturated rings. The lowest BCUT2D eigenvalue weighted by molar-refractivity contribution is -0.123. The molecule has 7 heteroatoms. The van der Waals surface area contributed by atoms with E-state index >= 15 is 0 Å². The number of thiocarbonyl (C=S) groups is 1. The van der Waals surface area contributed by atoms with Crippen molar-refractivity contribution in [2.24, 2.45) is 0 Å². The Labute approximate surface area is 173 Å². The number of rotatable bonds is 4. The summed E-state index contributed by atoms with van der Waals surface area (Å²) in [5.41, 5.74) is 2.56. The minimum absolute atomic E-state index is 0.0273. The van der Waals surface area contributed by atoms with Gasteiger partial charge in [0.1, 0.15) is 4.32 Å². The minimum atomic E-state index is 0.0273. The zero-order valence-corrected chi connectivity index (χ0v) is 17.6. The van der Waals surface area contributed by atoms with Crippen LogP contribution < -0.4 is 4.90 Å². The largest absolute Gasteiger partial charge is 0.369 e. The third-order valence-corrected chi connectivity index (χ3v) is 6.97. The molecule has 0 spiro atoms. The van der Waals surface area contributed by atoms with Crippen molar-refractivity contribution in [2.75, 3.05) is 37.7 Å². The van der Waals surface area contributed by atoms with Gasteiger partial charge in [-0.3, -0.25) is 14.6 Å². The van der Waals surface area contributed by atoms with Gasteiger partial charge in [0.05, 0.1) is 11.6 Å². The average Bonchev–Trinajstić information content (AvgIpc) is 3.27. The van der Waals surface area contributed by atoms with E-state index in [0.29, 0.717) is 11.0 Å². The fourth-order valence-corrected chi connectivity index (χ4v) is 5.26. The molecule has 1 amide bonds. The maximum Gasteiger partial charge on any atom is 0.267 e. The Morgan fingerprint density at radius 1 is 1.15 bits per heavy atom. The number of carbonyl (C=O) groups is 1. The number of anilines is 1. The highest BCUT2D eigenvalue weighted by atomic mass is 32.2. The molecule has 2 saturated heterocycles. The van der Waals surface area contributed by atoms with Gasteiger partial charge >= 0.3 is 0 Å². The molecule has 0 saturated carbocycles. The average molecular weight is 416 g/mol. The molecule has 0 atom stereocenters. The summed E-state index contributed by atoms with van der Waals surface area (Å²) < 4.78 is 0.656. The predicted octanol–water partition coefficient (Wildman–Crippen LogP) is 4.04. The van der Waals surface area contributed by atoms with Gasteiger partial charge in [-0.25, -0.2) is 0 Å². The first-order chi connectivity index (χ1) is 13.1. The normalized spacial score (nSPS) is 20.1. The van der Waals surface area contributed by atoms with Gasteiger partial charge < -0.3 is 4.90 Å². The highest BCUT2D eigenvalue weighted by Gasteiger charge is 2.33. The Morgan fingerprint density at radius 3 is 2.67 bits per heavy atom. The zero-order valence-electron chi connectivity index (χ0n) is 15.1. The van der Waals surface area contributed by atoms with E-state index in [4.69, 9.17) is 12.2 Å². The second kappa shape index (κ2) is 8.14. The highest BCUT2D eigenvalue weighted by molar-refractivity contribution is 8.26. The molecule has 0 unspecified atom stereocenters. The first-order valence-corrected chi connectivity index (χ1v) is 11.0. The molecule has 3 heterocycles. The number of benzene rings is 1. The topological polar surface area (TPSA) is 26.8 Å². The molecule has 0 aliphatic carbocycles. The third kappa shape index (κ3) is 4.27. The van der Waals surface area contributed by atoms with Crippen LogP contribution >= 0.6 is 35.3 Å². The maximum absolute atomic E-state index is 12.8. The van der Waals surface area contributed by atoms with Crippen molar-refractivity contribution < 1.29 is 4.79 Å². The van der Waals surface area contributed by atoms with Crippen molar-refractivity contribution in [3.63, 3.8) is 0 Å². The van der Waals surface area contributed by atoms with E-state index in [2.05, 4.69) is 41.0 Å². The quantitative estimate of drug-likeness (QED) is 0.555. The number of hydrogen-bond acceptors (Lipinski definition) is 6. The number of carbonyl (C=O) groups excluding carboxylic acids is 1. The Balaban J connectivity index is 1.36. The highest BCUT2D eigenvalue weighted by Crippen LogP contribution is 2.33. The molecule has 0 N–H and O–H groups in total. The first-order valence-electron chi connectivity index (χ1n) is 8.93. The molecule has 4 rings (SSSR count). The van der Waals surface area contributed by atoms with Crippen LogP contribution in [-0.4, -0.2) is 52.9 Å². The molecule has 4 nitrogen and oxygen atoms in total. The maximum atomic E-state index is 12.8. The van der Waals surface area contributed by atoms with Crippen molar-refractivity contribution in [2.45, 2.75) is 6.92 Å². The predicted molar refractivity (Wildman–Crippen MR) is 119 cm³/mol. The zero-order chi connectivity index (χ0) is 18.8. The molecule has 1 aromatic heterocycles. The van der Waals surface area contributed by atoms with Gasteiger partial charge in [-0.15, -0.1) is 11.3 Å². The molecule has 27 heavy (non-hydrogen) atoms. The SMILES string of the molecule is Cc1cccc(N2CCN(CN3C(=O)/C(=C\c4cccs4)SC3=S)CC2)c1. The summed E-state index contributed by atoms with van der Waals surface area (Å²) in [5.74, 6) is 0.0273. The summed E-state index contributed by atoms with van der Waals surface area (Å²) in [5, 5.41) is 2.01. The standard InChI is InChI=1S/C20H21N3OS3/c1-15-4-2-5-16(12-15)22-9-7-21(8-10-22)14-23-19(24)18(27-20(23)25)13-17-6-3-11-26-17/h2-6,11-13H,7-10,14H2,1H3/b18-13+. The second-order valence-electron chi connectivity index (χ2n) is 6.71. The summed E-state index contributed by atoms with van der Waals surface area (Å²) in [6.07, 6.45) is 1.94. The molecule has 1 aromatic carbocycles. The van der Waals surface area contributed by atoms with Crippen LogP contribution in [0.1, 0.15) is 10.4 Å². The summed E-state index contributed by atoms with van der Waals surface area (Å²) in [7, 11) is 0. The lowest BCUT2D eigenvalue weighted by atomic mass is 10.2. The van der Waals surface area contributed by atoms with E-state index < -0.39 is 0 Å². The number of nitrogens with zero attached hydrogens (tertiary/aromatic N) is 3. The molecular weight excluding hydrogens is 394 g/mol. The Morgan fingerprint density at radius 2 is 1.96 bits per heavy atom. The van der Waals surface area contributed by atoms with E-state index in [1.165, 1.54) is 23.0 Å². The van der Waals surface area contributed by atoms with Crippen LogP contribution in [0.4, 0.5) is 5.69 Å². The number of piperazine rings is 1. The van der Waals surface area contributed by atoms with E-state index in [9.17, 15) is 4.79 Å². The van der Waals surface area contributed by atoms with Gasteiger partial charge in [0, 0.05) is 36.7 Å². The summed E-state index contributed by atoms with van der Waals surface area (Å²) >= 11 is 8.50. The van der Waals surface area contributed by atoms with Crippen molar-refractivity contribution in [3.8, 4) is 0 Å². The monoisotopic (exact) mass is 415 g/mol. The summed E-state index contributed by atoms with van der Waals surface area (Å²) in [6, 6.07) is 12.6. The van der Waals surface area contributed by atoms with E-state index in [1.807, 2.05) is 23.6 Å². The number of aryl methyl sites for hydroxylation is 1. The van der Waals surface area contributed by atoms with Crippen LogP contribution in [0.5, 0.6) is 0 Å². The van der Waals surface area contributed by atoms with Crippen molar-refractivity contribution in [1.29, 1.82) is 0 Å². The summed E-state index contributed by atoms with van der Waals surface area (Å²) in [6.45, 7) is 6.48. The summed E-state index contributed by atoms with van der Waals surface area (Å²) in [4.78, 5) is 21.0. The molecule has 2 aliphatic rings. The van der Waals surface area contributed by atoms with Gasteiger partial charge in [0.2, 0.25) is 0 Å². The van der Waals surface area contributed by atoms with E-state index in [-0.39, 0.29) is 5.91 Å². The van der Waals surface area contributed by atoms with Crippen molar-refractivity contribution >= 4 is 57.3 Å². The van der Waals surface area contributed by atoms with Gasteiger partial charge in [-0.05, 0) is 42.1 Å². The number of thioether (sulfide) groups is 1. The van der Waals surface area contributed by atoms with Crippen LogP contribution in [0, 0.1) is 6.92 Å². The van der Waals surface area contributed by atoms with Gasteiger partial charge in [0.15, 0.2) is 0 Å². The van der Waals surface area contributed by atoms with Crippen LogP contribution in [-0.2, 0) is 4.79 Å². The van der Waals surface area contributed by atoms with Crippen molar-refractivity contribution in [1.82, 2.24) is 9.80 Å². The first kappa shape index (κ1) is 18.7. The van der Waals surface area contributed by atoms with Gasteiger partial charge in [0.25, 0.3) is 5.91 Å². The van der Waals surface area contributed by atoms with Crippen molar-refractivity contribution in [3.05, 3.63) is 57.1 Å². The Bertz CT molecular complexity index is 870. The number of hydrogen-bond donors (Lipinski definition) is 0. The van der Waals surface area contributed by atoms with Gasteiger partial charge in [-0.2, -0.15) is 0 Å². The molecule has 0 bridgehead atoms. The van der Waals surface area contributed by atoms with Crippen LogP contribution in [0.2, 0.25) is 0 Å². The molecular formula is C20H21N3OS3. The van der Waals surface area contributed by atoms with Crippen LogP contribution in [0.3, 0.4) is 0 Å². The van der Waals surface area contributed by atoms with E-state index in [0.717, 1.165) is 36.0 Å². The second-order valence-corrected chi connectivity index (χ2v) is 9.37. The fraction of sp³-hybridized carbons (Fsp3) is 0.300. The number of thiophene rings is 1. The molecule has 140 valence electrons.